The molecule has 2 aliphatic rings. The number of nitrogens with zero attached hydrogens (tertiary/aromatic N) is 3. The van der Waals surface area contributed by atoms with Crippen LogP contribution < -0.4 is 15.5 Å². The molecule has 1 aliphatic carbocycles. The van der Waals surface area contributed by atoms with Crippen molar-refractivity contribution in [3.63, 3.8) is 0 Å². The van der Waals surface area contributed by atoms with Crippen molar-refractivity contribution in [3.05, 3.63) is 78.5 Å². The molecule has 37 heavy (non-hydrogen) atoms. The van der Waals surface area contributed by atoms with Crippen molar-refractivity contribution < 1.29 is 14.4 Å². The highest BCUT2D eigenvalue weighted by atomic mass is 16.2. The second-order valence-electron chi connectivity index (χ2n) is 9.67. The third-order valence-electron chi connectivity index (χ3n) is 6.97. The van der Waals surface area contributed by atoms with Gasteiger partial charge in [0.1, 0.15) is 5.78 Å². The fourth-order valence-corrected chi connectivity index (χ4v) is 4.63. The van der Waals surface area contributed by atoms with Gasteiger partial charge in [0.15, 0.2) is 0 Å². The first kappa shape index (κ1) is 23.0. The molecule has 1 aromatic heterocycles. The normalized spacial score (nSPS) is 15.6. The number of carbonyl (C=O) groups excluding carboxylic acids is 3. The summed E-state index contributed by atoms with van der Waals surface area (Å²) < 4.78 is 1.83. The SMILES string of the molecule is O=C1CCN(c2ccc(C(=O)Nc3ccc4c(cnn4-c4ccc(NC(=O)C5CC5)cc4)c3)cc2)CC1. The molecule has 0 bridgehead atoms. The number of aromatic nitrogens is 2. The number of fused-ring (bicyclic) bond motifs is 1. The van der Waals surface area contributed by atoms with E-state index in [1.165, 1.54) is 0 Å². The van der Waals surface area contributed by atoms with E-state index in [-0.39, 0.29) is 17.7 Å². The van der Waals surface area contributed by atoms with Crippen LogP contribution in [0.2, 0.25) is 0 Å². The molecule has 3 aromatic carbocycles. The maximum atomic E-state index is 12.8. The second kappa shape index (κ2) is 9.54. The molecule has 1 saturated heterocycles. The van der Waals surface area contributed by atoms with Gasteiger partial charge in [-0.05, 0) is 79.6 Å². The van der Waals surface area contributed by atoms with Gasteiger partial charge in [0.25, 0.3) is 5.91 Å². The van der Waals surface area contributed by atoms with Crippen molar-refractivity contribution in [2.45, 2.75) is 25.7 Å². The average Bonchev–Trinajstić information content (AvgIpc) is 3.70. The van der Waals surface area contributed by atoms with E-state index < -0.39 is 0 Å². The van der Waals surface area contributed by atoms with Gasteiger partial charge in [0.05, 0.1) is 17.4 Å². The first-order chi connectivity index (χ1) is 18.0. The summed E-state index contributed by atoms with van der Waals surface area (Å²) in [5, 5.41) is 11.3. The minimum atomic E-state index is -0.184. The van der Waals surface area contributed by atoms with Crippen molar-refractivity contribution >= 4 is 45.6 Å². The Balaban J connectivity index is 1.12. The summed E-state index contributed by atoms with van der Waals surface area (Å²) in [7, 11) is 0. The van der Waals surface area contributed by atoms with Gasteiger partial charge >= 0.3 is 0 Å². The molecule has 1 saturated carbocycles. The lowest BCUT2D eigenvalue weighted by Crippen LogP contribution is -2.33. The second-order valence-corrected chi connectivity index (χ2v) is 9.67. The molecule has 0 spiro atoms. The smallest absolute Gasteiger partial charge is 0.255 e. The maximum absolute atomic E-state index is 12.8. The lowest BCUT2D eigenvalue weighted by molar-refractivity contribution is -0.119. The standard InChI is InChI=1S/C29H27N5O3/c35-26-13-15-33(16-14-26)24-8-3-20(4-9-24)29(37)32-23-7-12-27-21(17-23)18-30-34(27)25-10-5-22(6-11-25)31-28(36)19-1-2-19/h3-12,17-19H,1-2,13-16H2,(H,31,36)(H,32,37). The van der Waals surface area contributed by atoms with Gasteiger partial charge < -0.3 is 15.5 Å². The molecule has 4 aromatic rings. The molecule has 2 amide bonds. The molecule has 8 nitrogen and oxygen atoms in total. The van der Waals surface area contributed by atoms with Gasteiger partial charge in [-0.2, -0.15) is 5.10 Å². The lowest BCUT2D eigenvalue weighted by Gasteiger charge is -2.28. The molecule has 0 unspecified atom stereocenters. The minimum absolute atomic E-state index is 0.0856. The zero-order valence-electron chi connectivity index (χ0n) is 20.3. The topological polar surface area (TPSA) is 96.3 Å². The molecule has 0 radical (unpaired) electrons. The van der Waals surface area contributed by atoms with Crippen LogP contribution in [0.15, 0.2) is 72.9 Å². The molecule has 2 N–H and O–H groups in total. The van der Waals surface area contributed by atoms with Gasteiger partial charge in [0, 0.05) is 59.9 Å². The van der Waals surface area contributed by atoms with Crippen molar-refractivity contribution in [1.29, 1.82) is 0 Å². The number of hydrogen-bond donors (Lipinski definition) is 2. The molecule has 0 atom stereocenters. The fourth-order valence-electron chi connectivity index (χ4n) is 4.63. The monoisotopic (exact) mass is 493 g/mol. The van der Waals surface area contributed by atoms with E-state index in [9.17, 15) is 14.4 Å². The number of benzene rings is 3. The summed E-state index contributed by atoms with van der Waals surface area (Å²) in [6.45, 7) is 1.44. The Labute approximate surface area is 214 Å². The molecular formula is C29H27N5O3. The Hall–Kier alpha value is -4.46. The number of hydrogen-bond acceptors (Lipinski definition) is 5. The van der Waals surface area contributed by atoms with Gasteiger partial charge in [-0.15, -0.1) is 0 Å². The number of rotatable bonds is 6. The molecule has 2 heterocycles. The predicted octanol–water partition coefficient (Wildman–Crippen LogP) is 4.80. The van der Waals surface area contributed by atoms with Crippen LogP contribution in [0.1, 0.15) is 36.0 Å². The highest BCUT2D eigenvalue weighted by molar-refractivity contribution is 6.05. The third-order valence-corrected chi connectivity index (χ3v) is 6.97. The summed E-state index contributed by atoms with van der Waals surface area (Å²) >= 11 is 0. The van der Waals surface area contributed by atoms with E-state index in [1.54, 1.807) is 6.20 Å². The largest absolute Gasteiger partial charge is 0.371 e. The van der Waals surface area contributed by atoms with Crippen LogP contribution in [0, 0.1) is 5.92 Å². The summed E-state index contributed by atoms with van der Waals surface area (Å²) in [6.07, 6.45) is 4.86. The van der Waals surface area contributed by atoms with Crippen LogP contribution >= 0.6 is 0 Å². The Morgan fingerprint density at radius 3 is 2.19 bits per heavy atom. The lowest BCUT2D eigenvalue weighted by atomic mass is 10.1. The number of Topliss-reactive ketones (excluding diaryl/α,β-unsaturated/α-hetero) is 1. The molecule has 2 fully saturated rings. The molecule has 1 aliphatic heterocycles. The Morgan fingerprint density at radius 2 is 1.49 bits per heavy atom. The first-order valence-corrected chi connectivity index (χ1v) is 12.6. The van der Waals surface area contributed by atoms with Crippen LogP contribution in [-0.4, -0.2) is 40.5 Å². The first-order valence-electron chi connectivity index (χ1n) is 12.6. The number of carbonyl (C=O) groups is 3. The van der Waals surface area contributed by atoms with E-state index >= 15 is 0 Å². The van der Waals surface area contributed by atoms with E-state index in [2.05, 4.69) is 20.6 Å². The summed E-state index contributed by atoms with van der Waals surface area (Å²) in [5.74, 6) is 0.372. The van der Waals surface area contributed by atoms with Crippen LogP contribution in [0.4, 0.5) is 17.1 Å². The van der Waals surface area contributed by atoms with Crippen LogP contribution in [0.25, 0.3) is 16.6 Å². The number of ketones is 1. The van der Waals surface area contributed by atoms with E-state index in [0.29, 0.717) is 29.9 Å². The van der Waals surface area contributed by atoms with Crippen molar-refractivity contribution in [3.8, 4) is 5.69 Å². The van der Waals surface area contributed by atoms with Crippen LogP contribution in [-0.2, 0) is 9.59 Å². The molecule has 6 rings (SSSR count). The predicted molar refractivity (Wildman–Crippen MR) is 143 cm³/mol. The van der Waals surface area contributed by atoms with Gasteiger partial charge in [-0.1, -0.05) is 0 Å². The highest BCUT2D eigenvalue weighted by Gasteiger charge is 2.29. The fraction of sp³-hybridized carbons (Fsp3) is 0.241. The third kappa shape index (κ3) is 4.95. The minimum Gasteiger partial charge on any atom is -0.371 e. The summed E-state index contributed by atoms with van der Waals surface area (Å²) in [5.41, 5.74) is 4.86. The molecule has 8 heteroatoms. The number of amides is 2. The number of nitrogens with one attached hydrogen (secondary N) is 2. The quantitative estimate of drug-likeness (QED) is 0.402. The Bertz CT molecular complexity index is 1480. The van der Waals surface area contributed by atoms with Crippen molar-refractivity contribution in [2.24, 2.45) is 5.92 Å². The molecule has 186 valence electrons. The van der Waals surface area contributed by atoms with Gasteiger partial charge in [-0.3, -0.25) is 14.4 Å². The Kier molecular flexibility index (Phi) is 5.92. The molecular weight excluding hydrogens is 466 g/mol. The van der Waals surface area contributed by atoms with Crippen LogP contribution in [0.5, 0.6) is 0 Å². The zero-order chi connectivity index (χ0) is 25.4. The summed E-state index contributed by atoms with van der Waals surface area (Å²) in [6, 6.07) is 20.8. The zero-order valence-corrected chi connectivity index (χ0v) is 20.3. The van der Waals surface area contributed by atoms with Crippen molar-refractivity contribution in [1.82, 2.24) is 9.78 Å². The van der Waals surface area contributed by atoms with Crippen molar-refractivity contribution in [2.75, 3.05) is 28.6 Å². The maximum Gasteiger partial charge on any atom is 0.255 e. The van der Waals surface area contributed by atoms with E-state index in [4.69, 9.17) is 0 Å². The summed E-state index contributed by atoms with van der Waals surface area (Å²) in [4.78, 5) is 38.5. The van der Waals surface area contributed by atoms with Crippen LogP contribution in [0.3, 0.4) is 0 Å². The Morgan fingerprint density at radius 1 is 0.811 bits per heavy atom. The van der Waals surface area contributed by atoms with Gasteiger partial charge in [0.2, 0.25) is 5.91 Å². The highest BCUT2D eigenvalue weighted by Crippen LogP contribution is 2.30. The van der Waals surface area contributed by atoms with E-state index in [1.807, 2.05) is 71.4 Å². The van der Waals surface area contributed by atoms with E-state index in [0.717, 1.165) is 53.9 Å². The van der Waals surface area contributed by atoms with Gasteiger partial charge in [-0.25, -0.2) is 4.68 Å². The number of piperidine rings is 1. The number of anilines is 3. The average molecular weight is 494 g/mol.